The lowest BCUT2D eigenvalue weighted by Gasteiger charge is -2.41. The second-order valence-electron chi connectivity index (χ2n) is 14.3. The molecule has 2 amide bonds. The number of hydrogen-bond acceptors (Lipinski definition) is 8. The maximum absolute atomic E-state index is 12.9. The lowest BCUT2D eigenvalue weighted by molar-refractivity contribution is -0.255. The Morgan fingerprint density at radius 3 is 2.16 bits per heavy atom. The fourth-order valence-corrected chi connectivity index (χ4v) is 7.54. The van der Waals surface area contributed by atoms with E-state index in [0.29, 0.717) is 31.2 Å². The number of amides is 2. The van der Waals surface area contributed by atoms with Crippen LogP contribution in [0.1, 0.15) is 53.9 Å². The molecule has 10 heteroatoms. The van der Waals surface area contributed by atoms with Crippen LogP contribution >= 0.6 is 0 Å². The van der Waals surface area contributed by atoms with Crippen LogP contribution < -0.4 is 15.4 Å². The number of ether oxygens (including phenoxy) is 5. The van der Waals surface area contributed by atoms with Crippen LogP contribution in [0.3, 0.4) is 0 Å². The molecule has 3 unspecified atom stereocenters. The van der Waals surface area contributed by atoms with Gasteiger partial charge in [-0.15, -0.1) is 0 Å². The highest BCUT2D eigenvalue weighted by Crippen LogP contribution is 2.40. The second kappa shape index (κ2) is 17.2. The number of para-hydroxylation sites is 1. The molecule has 0 bridgehead atoms. The molecule has 0 aromatic heterocycles. The van der Waals surface area contributed by atoms with Crippen molar-refractivity contribution in [2.45, 2.75) is 56.7 Å². The molecule has 5 aromatic carbocycles. The number of benzene rings is 5. The molecule has 10 nitrogen and oxygen atoms in total. The van der Waals surface area contributed by atoms with Crippen LogP contribution in [0.5, 0.6) is 11.5 Å². The second-order valence-corrected chi connectivity index (χ2v) is 14.3. The van der Waals surface area contributed by atoms with Crippen LogP contribution in [-0.4, -0.2) is 60.8 Å². The molecular formula is C45H47N3O7. The molecule has 3 atom stereocenters. The van der Waals surface area contributed by atoms with Crippen LogP contribution in [0, 0.1) is 0 Å². The van der Waals surface area contributed by atoms with Crippen molar-refractivity contribution < 1.29 is 33.6 Å². The molecule has 8 rings (SSSR count). The number of urea groups is 1. The minimum atomic E-state index is -0.549. The predicted molar refractivity (Wildman–Crippen MR) is 209 cm³/mol. The van der Waals surface area contributed by atoms with Crippen LogP contribution in [-0.2, 0) is 32.1 Å². The first kappa shape index (κ1) is 36.9. The maximum atomic E-state index is 12.9. The molecule has 3 aliphatic rings. The van der Waals surface area contributed by atoms with E-state index in [1.807, 2.05) is 97.1 Å². The van der Waals surface area contributed by atoms with Gasteiger partial charge in [-0.25, -0.2) is 4.79 Å². The quantitative estimate of drug-likeness (QED) is 0.124. The molecule has 3 heterocycles. The lowest BCUT2D eigenvalue weighted by atomic mass is 9.97. The Hall–Kier alpha value is -5.07. The molecule has 284 valence electrons. The largest absolute Gasteiger partial charge is 0.457 e. The van der Waals surface area contributed by atoms with Crippen molar-refractivity contribution in [1.82, 2.24) is 10.2 Å². The van der Waals surface area contributed by atoms with Crippen molar-refractivity contribution >= 4 is 11.7 Å². The van der Waals surface area contributed by atoms with E-state index in [1.165, 1.54) is 0 Å². The number of carbonyl (C=O) groups is 1. The summed E-state index contributed by atoms with van der Waals surface area (Å²) in [5.74, 6) is 1.02. The summed E-state index contributed by atoms with van der Waals surface area (Å²) < 4.78 is 31.1. The summed E-state index contributed by atoms with van der Waals surface area (Å²) in [6, 6.07) is 40.9. The molecule has 0 saturated carbocycles. The summed E-state index contributed by atoms with van der Waals surface area (Å²) in [6.07, 6.45) is 1.69. The number of aliphatic hydroxyl groups excluding tert-OH is 1. The van der Waals surface area contributed by atoms with Crippen molar-refractivity contribution in [3.8, 4) is 22.6 Å². The van der Waals surface area contributed by atoms with Crippen LogP contribution in [0.4, 0.5) is 10.5 Å². The van der Waals surface area contributed by atoms with E-state index in [2.05, 4.69) is 45.9 Å². The number of carbonyl (C=O) groups excluding carboxylic acids is 1. The highest BCUT2D eigenvalue weighted by Gasteiger charge is 2.41. The summed E-state index contributed by atoms with van der Waals surface area (Å²) in [5, 5.41) is 15.5. The summed E-state index contributed by atoms with van der Waals surface area (Å²) in [4.78, 5) is 15.3. The zero-order chi connectivity index (χ0) is 37.5. The predicted octanol–water partition coefficient (Wildman–Crippen LogP) is 8.34. The first-order valence-electron chi connectivity index (χ1n) is 19.1. The third-order valence-corrected chi connectivity index (χ3v) is 10.5. The summed E-state index contributed by atoms with van der Waals surface area (Å²) >= 11 is 0. The molecule has 3 fully saturated rings. The average Bonchev–Trinajstić information content (AvgIpc) is 3.70. The highest BCUT2D eigenvalue weighted by molar-refractivity contribution is 5.89. The molecule has 3 saturated heterocycles. The number of aliphatic hydroxyl groups is 1. The molecule has 3 aliphatic heterocycles. The first-order chi connectivity index (χ1) is 27.0. The Balaban J connectivity index is 0.910. The Kier molecular flexibility index (Phi) is 11.5. The molecule has 55 heavy (non-hydrogen) atoms. The van der Waals surface area contributed by atoms with Crippen molar-refractivity contribution in [3.63, 3.8) is 0 Å². The lowest BCUT2D eigenvalue weighted by Crippen LogP contribution is -2.48. The summed E-state index contributed by atoms with van der Waals surface area (Å²) in [6.45, 7) is 4.27. The number of nitrogens with zero attached hydrogens (tertiary/aromatic N) is 1. The SMILES string of the molecule is O=C(NCc1ccccc1-c1ccc(C2OC(CN3CCC4(CC3)OCCO4)CC(c3ccc(CO)cc3)O2)cc1)Nc1ccc(Oc2ccccc2)cc1. The number of nitrogens with one attached hydrogen (secondary N) is 2. The van der Waals surface area contributed by atoms with Gasteiger partial charge in [0.15, 0.2) is 12.1 Å². The zero-order valence-corrected chi connectivity index (χ0v) is 30.8. The van der Waals surface area contributed by atoms with Gasteiger partial charge >= 0.3 is 6.03 Å². The molecule has 3 N–H and O–H groups in total. The molecule has 0 radical (unpaired) electrons. The molecule has 1 spiro atoms. The maximum Gasteiger partial charge on any atom is 0.319 e. The molecular weight excluding hydrogens is 695 g/mol. The Morgan fingerprint density at radius 1 is 0.764 bits per heavy atom. The monoisotopic (exact) mass is 741 g/mol. The number of anilines is 1. The standard InChI is InChI=1S/C45H47N3O7/c49-31-32-10-12-34(13-11-32)42-28-40(30-48-24-22-45(23-25-48)51-26-27-52-45)54-43(55-42)35-16-14-33(15-17-35)41-9-5-4-6-36(41)29-46-44(50)47-37-18-20-39(21-19-37)53-38-7-2-1-3-8-38/h1-21,40,42-43,49H,22-31H2,(H2,46,47,50). The number of rotatable bonds is 11. The van der Waals surface area contributed by atoms with E-state index < -0.39 is 12.1 Å². The van der Waals surface area contributed by atoms with Gasteiger partial charge in [-0.1, -0.05) is 91.0 Å². The average molecular weight is 742 g/mol. The Labute approximate surface area is 321 Å². The first-order valence-corrected chi connectivity index (χ1v) is 19.1. The van der Waals surface area contributed by atoms with E-state index in [-0.39, 0.29) is 24.8 Å². The Bertz CT molecular complexity index is 1990. The smallest absolute Gasteiger partial charge is 0.319 e. The number of piperidine rings is 1. The number of likely N-dealkylation sites (tertiary alicyclic amines) is 1. The highest BCUT2D eigenvalue weighted by atomic mass is 16.7. The Morgan fingerprint density at radius 2 is 1.44 bits per heavy atom. The number of hydrogen-bond donors (Lipinski definition) is 3. The topological polar surface area (TPSA) is 111 Å². The fourth-order valence-electron chi connectivity index (χ4n) is 7.54. The van der Waals surface area contributed by atoms with Gasteiger partial charge in [0, 0.05) is 56.7 Å². The summed E-state index contributed by atoms with van der Waals surface area (Å²) in [7, 11) is 0. The minimum Gasteiger partial charge on any atom is -0.457 e. The van der Waals surface area contributed by atoms with Gasteiger partial charge in [0.25, 0.3) is 0 Å². The van der Waals surface area contributed by atoms with Gasteiger partial charge in [-0.3, -0.25) is 0 Å². The minimum absolute atomic E-state index is 0.00324. The van der Waals surface area contributed by atoms with Gasteiger partial charge in [-0.2, -0.15) is 0 Å². The van der Waals surface area contributed by atoms with Gasteiger partial charge in [-0.05, 0) is 64.2 Å². The summed E-state index contributed by atoms with van der Waals surface area (Å²) in [5.41, 5.74) is 6.58. The van der Waals surface area contributed by atoms with Gasteiger partial charge in [0.1, 0.15) is 11.5 Å². The third-order valence-electron chi connectivity index (χ3n) is 10.5. The van der Waals surface area contributed by atoms with E-state index >= 15 is 0 Å². The van der Waals surface area contributed by atoms with Crippen LogP contribution in [0.25, 0.3) is 11.1 Å². The fraction of sp³-hybridized carbons (Fsp3) is 0.311. The van der Waals surface area contributed by atoms with E-state index in [4.69, 9.17) is 23.7 Å². The van der Waals surface area contributed by atoms with Crippen molar-refractivity contribution in [3.05, 3.63) is 150 Å². The zero-order valence-electron chi connectivity index (χ0n) is 30.8. The van der Waals surface area contributed by atoms with Gasteiger partial charge < -0.3 is 44.3 Å². The normalized spacial score (nSPS) is 20.9. The van der Waals surface area contributed by atoms with E-state index in [1.54, 1.807) is 0 Å². The molecule has 0 aliphatic carbocycles. The van der Waals surface area contributed by atoms with Gasteiger partial charge in [0.2, 0.25) is 0 Å². The van der Waals surface area contributed by atoms with Crippen LogP contribution in [0.15, 0.2) is 127 Å². The van der Waals surface area contributed by atoms with Crippen molar-refractivity contribution in [2.24, 2.45) is 0 Å². The van der Waals surface area contributed by atoms with E-state index in [0.717, 1.165) is 78.0 Å². The van der Waals surface area contributed by atoms with Gasteiger partial charge in [0.05, 0.1) is 32.0 Å². The molecule has 5 aromatic rings. The van der Waals surface area contributed by atoms with Crippen LogP contribution in [0.2, 0.25) is 0 Å². The van der Waals surface area contributed by atoms with Crippen molar-refractivity contribution in [1.29, 1.82) is 0 Å². The third kappa shape index (κ3) is 9.25. The van der Waals surface area contributed by atoms with E-state index in [9.17, 15) is 9.90 Å². The van der Waals surface area contributed by atoms with Crippen molar-refractivity contribution in [2.75, 3.05) is 38.2 Å².